The van der Waals surface area contributed by atoms with Gasteiger partial charge in [0.25, 0.3) is 0 Å². The van der Waals surface area contributed by atoms with Crippen molar-refractivity contribution >= 4 is 33.7 Å². The van der Waals surface area contributed by atoms with Crippen LogP contribution < -0.4 is 10.6 Å². The Morgan fingerprint density at radius 2 is 2.31 bits per heavy atom. The molecule has 1 aromatic carbocycles. The van der Waals surface area contributed by atoms with Gasteiger partial charge in [0.2, 0.25) is 0 Å². The summed E-state index contributed by atoms with van der Waals surface area (Å²) < 4.78 is 5.95. The SMILES string of the molecule is COc1c(Br)ccc(Cl)c1C=NN. The Labute approximate surface area is 89.7 Å². The molecule has 0 radical (unpaired) electrons. The highest BCUT2D eigenvalue weighted by atomic mass is 79.9. The Kier molecular flexibility index (Phi) is 3.57. The molecule has 0 unspecified atom stereocenters. The Bertz CT molecular complexity index is 341. The molecule has 0 amide bonds. The van der Waals surface area contributed by atoms with E-state index in [0.717, 1.165) is 4.47 Å². The number of nitrogens with two attached hydrogens (primary N) is 1. The summed E-state index contributed by atoms with van der Waals surface area (Å²) in [5.41, 5.74) is 0.668. The predicted molar refractivity (Wildman–Crippen MR) is 57.5 cm³/mol. The summed E-state index contributed by atoms with van der Waals surface area (Å²) in [6.07, 6.45) is 1.45. The van der Waals surface area contributed by atoms with E-state index in [1.165, 1.54) is 6.21 Å². The van der Waals surface area contributed by atoms with Crippen molar-refractivity contribution in [1.82, 2.24) is 0 Å². The van der Waals surface area contributed by atoms with E-state index in [2.05, 4.69) is 21.0 Å². The zero-order valence-corrected chi connectivity index (χ0v) is 9.26. The van der Waals surface area contributed by atoms with Gasteiger partial charge in [0.1, 0.15) is 5.75 Å². The van der Waals surface area contributed by atoms with E-state index in [0.29, 0.717) is 16.3 Å². The van der Waals surface area contributed by atoms with Crippen LogP contribution in [0.3, 0.4) is 0 Å². The van der Waals surface area contributed by atoms with Crippen molar-refractivity contribution < 1.29 is 4.74 Å². The average molecular weight is 264 g/mol. The first-order chi connectivity index (χ1) is 6.20. The fourth-order valence-electron chi connectivity index (χ4n) is 0.951. The minimum absolute atomic E-state index is 0.550. The zero-order chi connectivity index (χ0) is 9.84. The topological polar surface area (TPSA) is 47.6 Å². The summed E-state index contributed by atoms with van der Waals surface area (Å²) in [5.74, 6) is 5.67. The van der Waals surface area contributed by atoms with E-state index in [9.17, 15) is 0 Å². The Morgan fingerprint density at radius 1 is 1.62 bits per heavy atom. The van der Waals surface area contributed by atoms with Gasteiger partial charge in [0.05, 0.1) is 28.4 Å². The van der Waals surface area contributed by atoms with Gasteiger partial charge in [0.15, 0.2) is 0 Å². The van der Waals surface area contributed by atoms with Crippen LogP contribution in [-0.2, 0) is 0 Å². The molecule has 3 nitrogen and oxygen atoms in total. The van der Waals surface area contributed by atoms with Crippen molar-refractivity contribution in [2.45, 2.75) is 0 Å². The molecule has 5 heteroatoms. The molecule has 0 saturated heterocycles. The molecule has 1 aromatic rings. The predicted octanol–water partition coefficient (Wildman–Crippen LogP) is 2.40. The summed E-state index contributed by atoms with van der Waals surface area (Å²) in [4.78, 5) is 0. The molecule has 0 aliphatic rings. The van der Waals surface area contributed by atoms with Crippen LogP contribution in [0, 0.1) is 0 Å². The summed E-state index contributed by atoms with van der Waals surface area (Å²) >= 11 is 9.24. The summed E-state index contributed by atoms with van der Waals surface area (Å²) in [6.45, 7) is 0. The van der Waals surface area contributed by atoms with E-state index < -0.39 is 0 Å². The first kappa shape index (κ1) is 10.3. The summed E-state index contributed by atoms with van der Waals surface area (Å²) in [6, 6.07) is 3.54. The number of halogens is 2. The van der Waals surface area contributed by atoms with Gasteiger partial charge in [-0.05, 0) is 28.1 Å². The third-order valence-corrected chi connectivity index (χ3v) is 2.46. The number of hydrogen-bond donors (Lipinski definition) is 1. The van der Waals surface area contributed by atoms with Gasteiger partial charge in [-0.25, -0.2) is 0 Å². The minimum Gasteiger partial charge on any atom is -0.495 e. The number of nitrogens with zero attached hydrogens (tertiary/aromatic N) is 1. The largest absolute Gasteiger partial charge is 0.495 e. The van der Waals surface area contributed by atoms with Crippen LogP contribution in [0.25, 0.3) is 0 Å². The third kappa shape index (κ3) is 2.14. The van der Waals surface area contributed by atoms with Crippen molar-refractivity contribution in [1.29, 1.82) is 0 Å². The average Bonchev–Trinajstić information content (AvgIpc) is 2.12. The monoisotopic (exact) mass is 262 g/mol. The fourth-order valence-corrected chi connectivity index (χ4v) is 1.66. The molecule has 0 fully saturated rings. The number of hydrogen-bond acceptors (Lipinski definition) is 3. The second-order valence-corrected chi connectivity index (χ2v) is 3.52. The van der Waals surface area contributed by atoms with E-state index in [4.69, 9.17) is 22.2 Å². The van der Waals surface area contributed by atoms with Crippen molar-refractivity contribution in [3.05, 3.63) is 27.2 Å². The van der Waals surface area contributed by atoms with Crippen LogP contribution in [0.1, 0.15) is 5.56 Å². The van der Waals surface area contributed by atoms with Crippen LogP contribution >= 0.6 is 27.5 Å². The minimum atomic E-state index is 0.550. The molecule has 13 heavy (non-hydrogen) atoms. The van der Waals surface area contributed by atoms with Crippen LogP contribution in [0.5, 0.6) is 5.75 Å². The Hall–Kier alpha value is -0.740. The number of hydrazone groups is 1. The fraction of sp³-hybridized carbons (Fsp3) is 0.125. The van der Waals surface area contributed by atoms with Crippen molar-refractivity contribution in [2.24, 2.45) is 10.9 Å². The lowest BCUT2D eigenvalue weighted by atomic mass is 10.2. The molecule has 0 spiro atoms. The second-order valence-electron chi connectivity index (χ2n) is 2.25. The third-order valence-electron chi connectivity index (χ3n) is 1.50. The standard InChI is InChI=1S/C8H8BrClN2O/c1-13-8-5(4-12-11)7(10)3-2-6(8)9/h2-4H,11H2,1H3. The molecule has 0 aliphatic carbocycles. The maximum absolute atomic E-state index is 5.91. The quantitative estimate of drug-likeness (QED) is 0.506. The number of methoxy groups -OCH3 is 1. The molecule has 0 aromatic heterocycles. The molecule has 0 bridgehead atoms. The normalized spacial score (nSPS) is 10.7. The number of rotatable bonds is 2. The van der Waals surface area contributed by atoms with Crippen LogP contribution in [0.15, 0.2) is 21.7 Å². The van der Waals surface area contributed by atoms with Gasteiger partial charge in [-0.2, -0.15) is 5.10 Å². The molecule has 0 aliphatic heterocycles. The highest BCUT2D eigenvalue weighted by molar-refractivity contribution is 9.10. The Morgan fingerprint density at radius 3 is 2.85 bits per heavy atom. The number of benzene rings is 1. The lowest BCUT2D eigenvalue weighted by molar-refractivity contribution is 0.411. The molecule has 1 rings (SSSR count). The maximum Gasteiger partial charge on any atom is 0.143 e. The molecule has 0 saturated carbocycles. The van der Waals surface area contributed by atoms with E-state index in [1.54, 1.807) is 19.2 Å². The number of ether oxygens (including phenoxy) is 1. The van der Waals surface area contributed by atoms with Gasteiger partial charge in [-0.3, -0.25) is 0 Å². The van der Waals surface area contributed by atoms with Crippen molar-refractivity contribution in [3.8, 4) is 5.75 Å². The molecular formula is C8H8BrClN2O. The summed E-state index contributed by atoms with van der Waals surface area (Å²) in [7, 11) is 1.56. The summed E-state index contributed by atoms with van der Waals surface area (Å²) in [5, 5.41) is 3.96. The van der Waals surface area contributed by atoms with Crippen molar-refractivity contribution in [2.75, 3.05) is 7.11 Å². The van der Waals surface area contributed by atoms with Gasteiger partial charge in [-0.1, -0.05) is 11.6 Å². The van der Waals surface area contributed by atoms with E-state index in [-0.39, 0.29) is 0 Å². The molecule has 2 N–H and O–H groups in total. The smallest absolute Gasteiger partial charge is 0.143 e. The van der Waals surface area contributed by atoms with Crippen molar-refractivity contribution in [3.63, 3.8) is 0 Å². The zero-order valence-electron chi connectivity index (χ0n) is 6.92. The molecule has 0 heterocycles. The van der Waals surface area contributed by atoms with Gasteiger partial charge in [0, 0.05) is 0 Å². The van der Waals surface area contributed by atoms with Gasteiger partial charge >= 0.3 is 0 Å². The first-order valence-electron chi connectivity index (χ1n) is 3.46. The Balaban J connectivity index is 3.34. The van der Waals surface area contributed by atoms with Crippen LogP contribution in [0.2, 0.25) is 5.02 Å². The van der Waals surface area contributed by atoms with Crippen LogP contribution in [-0.4, -0.2) is 13.3 Å². The second kappa shape index (κ2) is 4.48. The van der Waals surface area contributed by atoms with Crippen LogP contribution in [0.4, 0.5) is 0 Å². The highest BCUT2D eigenvalue weighted by Gasteiger charge is 2.09. The lowest BCUT2D eigenvalue weighted by Gasteiger charge is -2.07. The van der Waals surface area contributed by atoms with E-state index in [1.807, 2.05) is 0 Å². The maximum atomic E-state index is 5.91. The van der Waals surface area contributed by atoms with Gasteiger partial charge in [-0.15, -0.1) is 0 Å². The molecule has 0 atom stereocenters. The van der Waals surface area contributed by atoms with Gasteiger partial charge < -0.3 is 10.6 Å². The molecular weight excluding hydrogens is 255 g/mol. The first-order valence-corrected chi connectivity index (χ1v) is 4.63. The van der Waals surface area contributed by atoms with E-state index >= 15 is 0 Å². The highest BCUT2D eigenvalue weighted by Crippen LogP contribution is 2.32. The molecule has 70 valence electrons. The lowest BCUT2D eigenvalue weighted by Crippen LogP contribution is -1.95.